The zero-order chi connectivity index (χ0) is 18.4. The quantitative estimate of drug-likeness (QED) is 0.583. The molecule has 1 amide bonds. The van der Waals surface area contributed by atoms with Gasteiger partial charge in [0.25, 0.3) is 11.5 Å². The van der Waals surface area contributed by atoms with Crippen molar-refractivity contribution < 1.29 is 4.79 Å². The Morgan fingerprint density at radius 3 is 2.65 bits per heavy atom. The van der Waals surface area contributed by atoms with Crippen molar-refractivity contribution >= 4 is 38.8 Å². The molecule has 0 aliphatic rings. The van der Waals surface area contributed by atoms with E-state index >= 15 is 0 Å². The van der Waals surface area contributed by atoms with Crippen LogP contribution in [0.25, 0.3) is 15.9 Å². The van der Waals surface area contributed by atoms with Crippen molar-refractivity contribution in [1.29, 1.82) is 0 Å². The smallest absolute Gasteiger partial charge is 0.266 e. The number of hydrogen-bond acceptors (Lipinski definition) is 4. The third-order valence-corrected chi connectivity index (χ3v) is 5.55. The highest BCUT2D eigenvalue weighted by Crippen LogP contribution is 2.24. The Bertz CT molecular complexity index is 1240. The Labute approximate surface area is 153 Å². The molecule has 26 heavy (non-hydrogen) atoms. The molecule has 0 unspecified atom stereocenters. The van der Waals surface area contributed by atoms with Gasteiger partial charge in [-0.1, -0.05) is 12.1 Å². The van der Waals surface area contributed by atoms with E-state index in [0.717, 1.165) is 16.8 Å². The van der Waals surface area contributed by atoms with E-state index in [2.05, 4.69) is 10.3 Å². The first-order valence-electron chi connectivity index (χ1n) is 8.24. The second-order valence-electron chi connectivity index (χ2n) is 6.38. The van der Waals surface area contributed by atoms with Gasteiger partial charge in [-0.25, -0.2) is 4.98 Å². The number of fused-ring (bicyclic) bond motifs is 2. The molecular weight excluding hydrogens is 346 g/mol. The number of aryl methyl sites for hydroxylation is 3. The van der Waals surface area contributed by atoms with Crippen LogP contribution in [0.5, 0.6) is 0 Å². The molecule has 1 aromatic carbocycles. The van der Waals surface area contributed by atoms with Crippen molar-refractivity contribution in [2.75, 3.05) is 5.32 Å². The topological polar surface area (TPSA) is 63.5 Å². The van der Waals surface area contributed by atoms with Crippen molar-refractivity contribution in [3.63, 3.8) is 0 Å². The van der Waals surface area contributed by atoms with Crippen molar-refractivity contribution in [2.24, 2.45) is 0 Å². The molecule has 6 heteroatoms. The fraction of sp³-hybridized carbons (Fsp3) is 0.150. The number of carbonyl (C=O) groups is 1. The Morgan fingerprint density at radius 1 is 1.08 bits per heavy atom. The van der Waals surface area contributed by atoms with Crippen molar-refractivity contribution in [2.45, 2.75) is 20.8 Å². The molecule has 0 aliphatic carbocycles. The highest BCUT2D eigenvalue weighted by molar-refractivity contribution is 7.20. The molecule has 4 aromatic rings. The van der Waals surface area contributed by atoms with Gasteiger partial charge < -0.3 is 5.32 Å². The minimum Gasteiger partial charge on any atom is -0.321 e. The van der Waals surface area contributed by atoms with Crippen LogP contribution in [-0.4, -0.2) is 15.3 Å². The molecule has 5 nitrogen and oxygen atoms in total. The van der Waals surface area contributed by atoms with Crippen LogP contribution in [0, 0.1) is 20.8 Å². The van der Waals surface area contributed by atoms with E-state index in [1.165, 1.54) is 21.3 Å². The Kier molecular flexibility index (Phi) is 3.85. The van der Waals surface area contributed by atoms with Crippen LogP contribution in [0.1, 0.15) is 26.4 Å². The molecule has 3 aromatic heterocycles. The van der Waals surface area contributed by atoms with Gasteiger partial charge in [-0.15, -0.1) is 11.3 Å². The van der Waals surface area contributed by atoms with E-state index < -0.39 is 0 Å². The summed E-state index contributed by atoms with van der Waals surface area (Å²) in [6, 6.07) is 11.1. The Morgan fingerprint density at radius 2 is 1.88 bits per heavy atom. The van der Waals surface area contributed by atoms with Gasteiger partial charge >= 0.3 is 0 Å². The van der Waals surface area contributed by atoms with E-state index in [0.29, 0.717) is 20.7 Å². The summed E-state index contributed by atoms with van der Waals surface area (Å²) in [5.41, 5.74) is 4.40. The predicted octanol–water partition coefficient (Wildman–Crippen LogP) is 4.09. The van der Waals surface area contributed by atoms with Crippen molar-refractivity contribution in [3.05, 3.63) is 74.5 Å². The van der Waals surface area contributed by atoms with Crippen LogP contribution in [0.3, 0.4) is 0 Å². The third-order valence-electron chi connectivity index (χ3n) is 4.52. The van der Waals surface area contributed by atoms with Crippen molar-refractivity contribution in [3.8, 4) is 0 Å². The predicted molar refractivity (Wildman–Crippen MR) is 105 cm³/mol. The lowest BCUT2D eigenvalue weighted by molar-refractivity contribution is 0.103. The number of rotatable bonds is 2. The van der Waals surface area contributed by atoms with E-state index in [1.54, 1.807) is 12.3 Å². The number of carbonyl (C=O) groups excluding carboxylic acids is 1. The standard InChI is InChI=1S/C20H17N3O2S/c1-11-6-7-14(9-13(11)3)21-18(24)16-10-15-19(26-16)22-17-12(2)5-4-8-23(17)20(15)25/h4-10H,1-3H3,(H,21,24). The largest absolute Gasteiger partial charge is 0.321 e. The SMILES string of the molecule is Cc1ccc(NC(=O)c2cc3c(=O)n4cccc(C)c4nc3s2)cc1C. The monoisotopic (exact) mass is 363 g/mol. The number of amides is 1. The van der Waals surface area contributed by atoms with Crippen LogP contribution in [0.2, 0.25) is 0 Å². The molecule has 0 atom stereocenters. The van der Waals surface area contributed by atoms with E-state index in [-0.39, 0.29) is 11.5 Å². The summed E-state index contributed by atoms with van der Waals surface area (Å²) in [7, 11) is 0. The van der Waals surface area contributed by atoms with Crippen LogP contribution in [0.4, 0.5) is 5.69 Å². The molecule has 3 heterocycles. The van der Waals surface area contributed by atoms with Gasteiger partial charge in [-0.2, -0.15) is 0 Å². The summed E-state index contributed by atoms with van der Waals surface area (Å²) in [6.45, 7) is 5.94. The molecule has 0 saturated heterocycles. The maximum atomic E-state index is 12.7. The number of nitrogens with zero attached hydrogens (tertiary/aromatic N) is 2. The fourth-order valence-corrected chi connectivity index (χ4v) is 3.80. The first-order chi connectivity index (χ1) is 12.4. The average Bonchev–Trinajstić information content (AvgIpc) is 3.04. The van der Waals surface area contributed by atoms with Crippen LogP contribution in [-0.2, 0) is 0 Å². The summed E-state index contributed by atoms with van der Waals surface area (Å²) < 4.78 is 1.52. The summed E-state index contributed by atoms with van der Waals surface area (Å²) in [5.74, 6) is -0.235. The third kappa shape index (κ3) is 2.68. The average molecular weight is 363 g/mol. The number of nitrogens with one attached hydrogen (secondary N) is 1. The molecule has 0 bridgehead atoms. The molecule has 1 N–H and O–H groups in total. The Balaban J connectivity index is 1.77. The second kappa shape index (κ2) is 6.07. The highest BCUT2D eigenvalue weighted by Gasteiger charge is 2.15. The van der Waals surface area contributed by atoms with Gasteiger partial charge in [0.1, 0.15) is 10.5 Å². The normalized spacial score (nSPS) is 11.2. The first kappa shape index (κ1) is 16.5. The van der Waals surface area contributed by atoms with Crippen LogP contribution in [0.15, 0.2) is 47.4 Å². The number of benzene rings is 1. The number of anilines is 1. The van der Waals surface area contributed by atoms with E-state index in [9.17, 15) is 9.59 Å². The lowest BCUT2D eigenvalue weighted by Gasteiger charge is -2.06. The first-order valence-corrected chi connectivity index (χ1v) is 9.06. The summed E-state index contributed by atoms with van der Waals surface area (Å²) in [4.78, 5) is 31.0. The summed E-state index contributed by atoms with van der Waals surface area (Å²) >= 11 is 1.23. The maximum absolute atomic E-state index is 12.7. The lowest BCUT2D eigenvalue weighted by atomic mass is 10.1. The molecular formula is C20H17N3O2S. The summed E-state index contributed by atoms with van der Waals surface area (Å²) in [5, 5.41) is 3.36. The zero-order valence-electron chi connectivity index (χ0n) is 14.7. The molecule has 0 radical (unpaired) electrons. The second-order valence-corrected chi connectivity index (χ2v) is 7.42. The zero-order valence-corrected chi connectivity index (χ0v) is 15.5. The fourth-order valence-electron chi connectivity index (χ4n) is 2.88. The number of aromatic nitrogens is 2. The number of hydrogen-bond donors (Lipinski definition) is 1. The van der Waals surface area contributed by atoms with Crippen LogP contribution < -0.4 is 10.9 Å². The van der Waals surface area contributed by atoms with Gasteiger partial charge in [-0.3, -0.25) is 14.0 Å². The molecule has 0 saturated carbocycles. The lowest BCUT2D eigenvalue weighted by Crippen LogP contribution is -2.14. The van der Waals surface area contributed by atoms with Crippen LogP contribution >= 0.6 is 11.3 Å². The minimum absolute atomic E-state index is 0.157. The van der Waals surface area contributed by atoms with Gasteiger partial charge in [0.2, 0.25) is 0 Å². The maximum Gasteiger partial charge on any atom is 0.266 e. The van der Waals surface area contributed by atoms with Gasteiger partial charge in [0, 0.05) is 11.9 Å². The molecule has 0 aliphatic heterocycles. The molecule has 4 rings (SSSR count). The molecule has 130 valence electrons. The van der Waals surface area contributed by atoms with E-state index in [1.807, 2.05) is 51.1 Å². The van der Waals surface area contributed by atoms with E-state index in [4.69, 9.17) is 0 Å². The molecule has 0 spiro atoms. The van der Waals surface area contributed by atoms with Gasteiger partial charge in [-0.05, 0) is 61.7 Å². The number of thiophene rings is 1. The summed E-state index contributed by atoms with van der Waals surface area (Å²) in [6.07, 6.45) is 1.70. The molecule has 0 fully saturated rings. The van der Waals surface area contributed by atoms with Crippen molar-refractivity contribution in [1.82, 2.24) is 9.38 Å². The van der Waals surface area contributed by atoms with Gasteiger partial charge in [0.05, 0.1) is 10.3 Å². The Hall–Kier alpha value is -2.99. The minimum atomic E-state index is -0.235. The number of pyridine rings is 1. The highest BCUT2D eigenvalue weighted by atomic mass is 32.1. The van der Waals surface area contributed by atoms with Gasteiger partial charge in [0.15, 0.2) is 0 Å².